The number of unbranched alkanes of at least 4 members (excludes halogenated alkanes) is 1. The number of fused-ring (bicyclic) bond motifs is 1. The van der Waals surface area contributed by atoms with Crippen LogP contribution >= 0.6 is 0 Å². The number of piperidine rings is 1. The maximum atomic E-state index is 12.9. The monoisotopic (exact) mass is 476 g/mol. The van der Waals surface area contributed by atoms with Gasteiger partial charge in [0.05, 0.1) is 10.5 Å². The van der Waals surface area contributed by atoms with Crippen molar-refractivity contribution in [3.05, 3.63) is 40.2 Å². The fraction of sp³-hybridized carbons (Fsp3) is 0.583. The van der Waals surface area contributed by atoms with E-state index in [1.807, 2.05) is 0 Å². The number of nitrogens with one attached hydrogen (secondary N) is 2. The Morgan fingerprint density at radius 2 is 1.85 bits per heavy atom. The molecule has 2 heterocycles. The van der Waals surface area contributed by atoms with Gasteiger partial charge < -0.3 is 15.2 Å². The maximum Gasteiger partial charge on any atom is 0.252 e. The molecular formula is C24H36N4O4S. The van der Waals surface area contributed by atoms with Gasteiger partial charge >= 0.3 is 0 Å². The number of carbonyl (C=O) groups is 1. The molecule has 3 rings (SSSR count). The van der Waals surface area contributed by atoms with E-state index in [0.717, 1.165) is 38.4 Å². The Bertz CT molecular complexity index is 1120. The first-order chi connectivity index (χ1) is 15.8. The van der Waals surface area contributed by atoms with Crippen molar-refractivity contribution in [1.29, 1.82) is 0 Å². The number of hydrogen-bond donors (Lipinski definition) is 2. The quantitative estimate of drug-likeness (QED) is 0.514. The molecule has 1 aromatic heterocycles. The van der Waals surface area contributed by atoms with Crippen molar-refractivity contribution < 1.29 is 13.2 Å². The summed E-state index contributed by atoms with van der Waals surface area (Å²) in [7, 11) is -3.68. The first-order valence-electron chi connectivity index (χ1n) is 11.9. The number of aromatic nitrogens is 1. The number of benzene rings is 1. The number of amides is 1. The predicted octanol–water partition coefficient (Wildman–Crippen LogP) is 2.80. The Labute approximate surface area is 196 Å². The largest absolute Gasteiger partial charge is 0.352 e. The number of pyridine rings is 1. The van der Waals surface area contributed by atoms with Gasteiger partial charge in [0.25, 0.3) is 5.91 Å². The van der Waals surface area contributed by atoms with E-state index in [2.05, 4.69) is 22.1 Å². The second kappa shape index (κ2) is 11.3. The van der Waals surface area contributed by atoms with Crippen LogP contribution in [-0.2, 0) is 10.0 Å². The minimum absolute atomic E-state index is 0.107. The highest BCUT2D eigenvalue weighted by Gasteiger charge is 2.23. The van der Waals surface area contributed by atoms with Gasteiger partial charge in [-0.05, 0) is 69.4 Å². The lowest BCUT2D eigenvalue weighted by Crippen LogP contribution is -2.34. The Kier molecular flexibility index (Phi) is 8.67. The molecule has 0 saturated carbocycles. The summed E-state index contributed by atoms with van der Waals surface area (Å²) in [6, 6.07) is 5.73. The average Bonchev–Trinajstić information content (AvgIpc) is 2.79. The van der Waals surface area contributed by atoms with E-state index < -0.39 is 15.6 Å². The molecule has 1 amide bonds. The third kappa shape index (κ3) is 6.22. The van der Waals surface area contributed by atoms with Crippen LogP contribution in [0.4, 0.5) is 0 Å². The zero-order valence-electron chi connectivity index (χ0n) is 19.9. The van der Waals surface area contributed by atoms with Crippen LogP contribution in [-0.4, -0.2) is 67.8 Å². The van der Waals surface area contributed by atoms with E-state index in [4.69, 9.17) is 0 Å². The van der Waals surface area contributed by atoms with Crippen molar-refractivity contribution >= 4 is 26.8 Å². The van der Waals surface area contributed by atoms with E-state index in [1.165, 1.54) is 35.3 Å². The molecule has 2 aromatic rings. The SMILES string of the molecule is CCN(CC)S(=O)(=O)c1ccc2[nH]c(=O)cc(C(=O)NCCCCN3CCC(C)CC3)c2c1. The molecule has 1 saturated heterocycles. The molecule has 2 N–H and O–H groups in total. The summed E-state index contributed by atoms with van der Waals surface area (Å²) in [5.74, 6) is 0.446. The molecule has 0 radical (unpaired) electrons. The smallest absolute Gasteiger partial charge is 0.252 e. The Morgan fingerprint density at radius 3 is 2.52 bits per heavy atom. The first-order valence-corrected chi connectivity index (χ1v) is 13.4. The number of aromatic amines is 1. The second-order valence-corrected chi connectivity index (χ2v) is 10.8. The highest BCUT2D eigenvalue weighted by molar-refractivity contribution is 7.89. The molecule has 1 fully saturated rings. The van der Waals surface area contributed by atoms with Crippen molar-refractivity contribution in [2.45, 2.75) is 51.3 Å². The van der Waals surface area contributed by atoms with Gasteiger partial charge in [-0.3, -0.25) is 9.59 Å². The topological polar surface area (TPSA) is 103 Å². The Balaban J connectivity index is 1.69. The molecule has 1 aliphatic rings. The molecule has 0 aliphatic carbocycles. The lowest BCUT2D eigenvalue weighted by atomic mass is 9.99. The lowest BCUT2D eigenvalue weighted by Gasteiger charge is -2.30. The summed E-state index contributed by atoms with van der Waals surface area (Å²) in [6.45, 7) is 10.4. The Morgan fingerprint density at radius 1 is 1.15 bits per heavy atom. The van der Waals surface area contributed by atoms with Crippen LogP contribution in [0.1, 0.15) is 56.8 Å². The summed E-state index contributed by atoms with van der Waals surface area (Å²) < 4.78 is 27.2. The lowest BCUT2D eigenvalue weighted by molar-refractivity contribution is 0.0953. The number of rotatable bonds is 10. The summed E-state index contributed by atoms with van der Waals surface area (Å²) in [4.78, 5) is 30.3. The summed E-state index contributed by atoms with van der Waals surface area (Å²) in [5, 5.41) is 3.32. The average molecular weight is 477 g/mol. The third-order valence-electron chi connectivity index (χ3n) is 6.47. The number of nitrogens with zero attached hydrogens (tertiary/aromatic N) is 2. The normalized spacial score (nSPS) is 15.9. The second-order valence-electron chi connectivity index (χ2n) is 8.83. The molecule has 0 spiro atoms. The fourth-order valence-electron chi connectivity index (χ4n) is 4.34. The van der Waals surface area contributed by atoms with Gasteiger partial charge in [0, 0.05) is 36.6 Å². The van der Waals surface area contributed by atoms with E-state index in [9.17, 15) is 18.0 Å². The van der Waals surface area contributed by atoms with Crippen LogP contribution < -0.4 is 10.9 Å². The van der Waals surface area contributed by atoms with Crippen molar-refractivity contribution in [1.82, 2.24) is 19.5 Å². The van der Waals surface area contributed by atoms with Gasteiger partial charge in [-0.15, -0.1) is 0 Å². The fourth-order valence-corrected chi connectivity index (χ4v) is 5.82. The molecular weight excluding hydrogens is 440 g/mol. The standard InChI is InChI=1S/C24H36N4O4S/c1-4-28(5-2)33(31,32)19-8-9-22-20(16-19)21(17-23(29)26-22)24(30)25-12-6-7-13-27-14-10-18(3)11-15-27/h8-9,16-18H,4-7,10-15H2,1-3H3,(H,25,30)(H,26,29). The molecule has 1 aliphatic heterocycles. The van der Waals surface area contributed by atoms with Crippen LogP contribution in [0.2, 0.25) is 0 Å². The summed E-state index contributed by atoms with van der Waals surface area (Å²) in [5.41, 5.74) is 0.229. The van der Waals surface area contributed by atoms with Crippen molar-refractivity contribution in [2.24, 2.45) is 5.92 Å². The molecule has 8 nitrogen and oxygen atoms in total. The number of hydrogen-bond acceptors (Lipinski definition) is 5. The van der Waals surface area contributed by atoms with E-state index in [-0.39, 0.29) is 16.4 Å². The summed E-state index contributed by atoms with van der Waals surface area (Å²) >= 11 is 0. The highest BCUT2D eigenvalue weighted by atomic mass is 32.2. The van der Waals surface area contributed by atoms with E-state index in [0.29, 0.717) is 30.5 Å². The van der Waals surface area contributed by atoms with Crippen LogP contribution in [0, 0.1) is 5.92 Å². The zero-order chi connectivity index (χ0) is 24.0. The van der Waals surface area contributed by atoms with Gasteiger partial charge in [-0.2, -0.15) is 4.31 Å². The van der Waals surface area contributed by atoms with Crippen molar-refractivity contribution in [3.8, 4) is 0 Å². The molecule has 0 atom stereocenters. The number of sulfonamides is 1. The van der Waals surface area contributed by atoms with Gasteiger partial charge in [0.2, 0.25) is 15.6 Å². The van der Waals surface area contributed by atoms with E-state index in [1.54, 1.807) is 19.9 Å². The van der Waals surface area contributed by atoms with Gasteiger partial charge in [0.15, 0.2) is 0 Å². The van der Waals surface area contributed by atoms with Gasteiger partial charge in [-0.1, -0.05) is 20.8 Å². The molecule has 33 heavy (non-hydrogen) atoms. The third-order valence-corrected chi connectivity index (χ3v) is 8.51. The molecule has 182 valence electrons. The van der Waals surface area contributed by atoms with E-state index >= 15 is 0 Å². The van der Waals surface area contributed by atoms with Crippen LogP contribution in [0.15, 0.2) is 34.0 Å². The highest BCUT2D eigenvalue weighted by Crippen LogP contribution is 2.23. The molecule has 9 heteroatoms. The minimum atomic E-state index is -3.68. The maximum absolute atomic E-state index is 12.9. The number of H-pyrrole nitrogens is 1. The number of likely N-dealkylation sites (tertiary alicyclic amines) is 1. The van der Waals surface area contributed by atoms with Gasteiger partial charge in [-0.25, -0.2) is 8.42 Å². The first kappa shape index (κ1) is 25.4. The van der Waals surface area contributed by atoms with Crippen molar-refractivity contribution in [2.75, 3.05) is 39.3 Å². The zero-order valence-corrected chi connectivity index (χ0v) is 20.7. The molecule has 0 bridgehead atoms. The number of carbonyl (C=O) groups excluding carboxylic acids is 1. The molecule has 1 aromatic carbocycles. The molecule has 0 unspecified atom stereocenters. The van der Waals surface area contributed by atoms with Gasteiger partial charge in [0.1, 0.15) is 0 Å². The van der Waals surface area contributed by atoms with Crippen LogP contribution in [0.3, 0.4) is 0 Å². The minimum Gasteiger partial charge on any atom is -0.352 e. The van der Waals surface area contributed by atoms with Crippen LogP contribution in [0.5, 0.6) is 0 Å². The Hall–Kier alpha value is -2.23. The summed E-state index contributed by atoms with van der Waals surface area (Å²) in [6.07, 6.45) is 4.34. The predicted molar refractivity (Wildman–Crippen MR) is 131 cm³/mol. The van der Waals surface area contributed by atoms with Crippen LogP contribution in [0.25, 0.3) is 10.9 Å². The van der Waals surface area contributed by atoms with Crippen molar-refractivity contribution in [3.63, 3.8) is 0 Å².